The first-order chi connectivity index (χ1) is 13.6. The average molecular weight is 376 g/mol. The van der Waals surface area contributed by atoms with E-state index < -0.39 is 12.0 Å². The smallest absolute Gasteiger partial charge is 0.129 e. The van der Waals surface area contributed by atoms with Crippen LogP contribution in [-0.2, 0) is 0 Å². The normalized spacial score (nSPS) is 16.1. The molecule has 0 radical (unpaired) electrons. The Labute approximate surface area is 166 Å². The summed E-state index contributed by atoms with van der Waals surface area (Å²) in [4.78, 5) is 0. The first-order valence-corrected chi connectivity index (χ1v) is 10.3. The molecular formula is C26H26F2. The van der Waals surface area contributed by atoms with Crippen LogP contribution in [0, 0.1) is 5.82 Å². The second kappa shape index (κ2) is 8.26. The van der Waals surface area contributed by atoms with Gasteiger partial charge in [0.15, 0.2) is 0 Å². The van der Waals surface area contributed by atoms with Crippen LogP contribution in [0.25, 0.3) is 22.3 Å². The van der Waals surface area contributed by atoms with Crippen LogP contribution in [-0.4, -0.2) is 0 Å². The van der Waals surface area contributed by atoms with Gasteiger partial charge in [0.05, 0.1) is 0 Å². The molecule has 1 aliphatic carbocycles. The zero-order valence-electron chi connectivity index (χ0n) is 16.3. The van der Waals surface area contributed by atoms with Crippen LogP contribution >= 0.6 is 0 Å². The van der Waals surface area contributed by atoms with Gasteiger partial charge in [-0.05, 0) is 59.6 Å². The summed E-state index contributed by atoms with van der Waals surface area (Å²) < 4.78 is 27.5. The molecule has 0 amide bonds. The fourth-order valence-corrected chi connectivity index (χ4v) is 4.27. The van der Waals surface area contributed by atoms with Crippen LogP contribution in [0.1, 0.15) is 62.2 Å². The lowest BCUT2D eigenvalue weighted by Crippen LogP contribution is -2.04. The van der Waals surface area contributed by atoms with Gasteiger partial charge in [-0.2, -0.15) is 0 Å². The largest absolute Gasteiger partial charge is 0.242 e. The van der Waals surface area contributed by atoms with Crippen molar-refractivity contribution >= 4 is 0 Å². The molecule has 0 heterocycles. The molecule has 3 aromatic rings. The number of alkyl halides is 1. The Hall–Kier alpha value is -2.48. The first-order valence-electron chi connectivity index (χ1n) is 10.3. The second-order valence-corrected chi connectivity index (χ2v) is 7.89. The van der Waals surface area contributed by atoms with Crippen LogP contribution in [0.4, 0.5) is 8.78 Å². The molecule has 0 bridgehead atoms. The monoisotopic (exact) mass is 376 g/mol. The SMILES string of the molecule is CC(F)c1ccc(-c2ccc(-c3ccc(C4CCCCC4)cc3)cc2)cc1F. The molecule has 2 heteroatoms. The second-order valence-electron chi connectivity index (χ2n) is 7.89. The molecule has 0 nitrogen and oxygen atoms in total. The van der Waals surface area contributed by atoms with Crippen molar-refractivity contribution in [3.05, 3.63) is 83.7 Å². The highest BCUT2D eigenvalue weighted by atomic mass is 19.1. The maximum atomic E-state index is 14.1. The van der Waals surface area contributed by atoms with E-state index >= 15 is 0 Å². The van der Waals surface area contributed by atoms with Crippen molar-refractivity contribution in [1.82, 2.24) is 0 Å². The molecule has 1 atom stereocenters. The molecule has 144 valence electrons. The Balaban J connectivity index is 1.52. The van der Waals surface area contributed by atoms with Crippen molar-refractivity contribution in [3.8, 4) is 22.3 Å². The molecule has 0 spiro atoms. The fraction of sp³-hybridized carbons (Fsp3) is 0.308. The van der Waals surface area contributed by atoms with E-state index in [1.54, 1.807) is 6.07 Å². The minimum absolute atomic E-state index is 0.110. The molecule has 1 aliphatic rings. The average Bonchev–Trinajstić information content (AvgIpc) is 2.74. The van der Waals surface area contributed by atoms with Gasteiger partial charge in [-0.1, -0.05) is 79.9 Å². The molecule has 3 aromatic carbocycles. The van der Waals surface area contributed by atoms with Crippen molar-refractivity contribution < 1.29 is 8.78 Å². The summed E-state index contributed by atoms with van der Waals surface area (Å²) in [6, 6.07) is 21.8. The van der Waals surface area contributed by atoms with E-state index in [0.717, 1.165) is 22.6 Å². The quantitative estimate of drug-likeness (QED) is 0.430. The maximum absolute atomic E-state index is 14.1. The van der Waals surface area contributed by atoms with Crippen molar-refractivity contribution in [3.63, 3.8) is 0 Å². The summed E-state index contributed by atoms with van der Waals surface area (Å²) in [6.07, 6.45) is 5.39. The Morgan fingerprint density at radius 2 is 1.21 bits per heavy atom. The van der Waals surface area contributed by atoms with E-state index in [9.17, 15) is 8.78 Å². The number of hydrogen-bond donors (Lipinski definition) is 0. The highest BCUT2D eigenvalue weighted by Crippen LogP contribution is 2.34. The van der Waals surface area contributed by atoms with E-state index in [-0.39, 0.29) is 5.56 Å². The molecule has 0 saturated heterocycles. The summed E-state index contributed by atoms with van der Waals surface area (Å²) >= 11 is 0. The fourth-order valence-electron chi connectivity index (χ4n) is 4.27. The molecule has 0 N–H and O–H groups in total. The highest BCUT2D eigenvalue weighted by Gasteiger charge is 2.15. The molecular weight excluding hydrogens is 350 g/mol. The standard InChI is InChI=1S/C26H26F2/c1-18(27)25-16-15-24(17-26(25)28)23-13-11-22(12-14-23)21-9-7-20(8-10-21)19-5-3-2-4-6-19/h7-19H,2-6H2,1H3. The minimum atomic E-state index is -1.30. The van der Waals surface area contributed by atoms with E-state index in [1.807, 2.05) is 12.1 Å². The third kappa shape index (κ3) is 4.01. The third-order valence-corrected chi connectivity index (χ3v) is 5.97. The predicted molar refractivity (Wildman–Crippen MR) is 113 cm³/mol. The summed E-state index contributed by atoms with van der Waals surface area (Å²) in [5.41, 5.74) is 5.60. The lowest BCUT2D eigenvalue weighted by molar-refractivity contribution is 0.361. The van der Waals surface area contributed by atoms with Crippen molar-refractivity contribution in [2.24, 2.45) is 0 Å². The molecule has 1 saturated carbocycles. The lowest BCUT2D eigenvalue weighted by Gasteiger charge is -2.22. The summed E-state index contributed by atoms with van der Waals surface area (Å²) in [6.45, 7) is 1.35. The van der Waals surface area contributed by atoms with E-state index in [2.05, 4.69) is 36.4 Å². The Kier molecular flexibility index (Phi) is 5.57. The molecule has 1 unspecified atom stereocenters. The van der Waals surface area contributed by atoms with Crippen LogP contribution in [0.2, 0.25) is 0 Å². The molecule has 28 heavy (non-hydrogen) atoms. The minimum Gasteiger partial charge on any atom is -0.242 e. The lowest BCUT2D eigenvalue weighted by atomic mass is 9.83. The van der Waals surface area contributed by atoms with Crippen LogP contribution in [0.5, 0.6) is 0 Å². The van der Waals surface area contributed by atoms with Crippen molar-refractivity contribution in [2.45, 2.75) is 51.1 Å². The number of benzene rings is 3. The van der Waals surface area contributed by atoms with Gasteiger partial charge in [-0.25, -0.2) is 8.78 Å². The topological polar surface area (TPSA) is 0 Å². The van der Waals surface area contributed by atoms with Crippen LogP contribution in [0.15, 0.2) is 66.7 Å². The predicted octanol–water partition coefficient (Wildman–Crippen LogP) is 8.24. The zero-order valence-corrected chi connectivity index (χ0v) is 16.3. The van der Waals surface area contributed by atoms with Gasteiger partial charge < -0.3 is 0 Å². The van der Waals surface area contributed by atoms with E-state index in [1.165, 1.54) is 62.3 Å². The number of hydrogen-bond acceptors (Lipinski definition) is 0. The van der Waals surface area contributed by atoms with Gasteiger partial charge >= 0.3 is 0 Å². The van der Waals surface area contributed by atoms with Crippen molar-refractivity contribution in [1.29, 1.82) is 0 Å². The van der Waals surface area contributed by atoms with Gasteiger partial charge in [0.25, 0.3) is 0 Å². The summed E-state index contributed by atoms with van der Waals surface area (Å²) in [5.74, 6) is 0.227. The van der Waals surface area contributed by atoms with E-state index in [0.29, 0.717) is 0 Å². The van der Waals surface area contributed by atoms with Gasteiger partial charge in [-0.3, -0.25) is 0 Å². The highest BCUT2D eigenvalue weighted by molar-refractivity contribution is 5.70. The van der Waals surface area contributed by atoms with Gasteiger partial charge in [0.1, 0.15) is 12.0 Å². The zero-order chi connectivity index (χ0) is 19.5. The summed E-state index contributed by atoms with van der Waals surface area (Å²) in [5, 5.41) is 0. The third-order valence-electron chi connectivity index (χ3n) is 5.97. The Bertz CT molecular complexity index is 918. The first kappa shape index (κ1) is 18.9. The van der Waals surface area contributed by atoms with Gasteiger partial charge in [-0.15, -0.1) is 0 Å². The molecule has 0 aliphatic heterocycles. The van der Waals surface area contributed by atoms with Crippen molar-refractivity contribution in [2.75, 3.05) is 0 Å². The Morgan fingerprint density at radius 1 is 0.714 bits per heavy atom. The van der Waals surface area contributed by atoms with Gasteiger partial charge in [0.2, 0.25) is 0 Å². The van der Waals surface area contributed by atoms with E-state index in [4.69, 9.17) is 0 Å². The molecule has 0 aromatic heterocycles. The molecule has 4 rings (SSSR count). The molecule has 1 fully saturated rings. The number of halogens is 2. The maximum Gasteiger partial charge on any atom is 0.129 e. The Morgan fingerprint density at radius 3 is 1.75 bits per heavy atom. The van der Waals surface area contributed by atoms with Crippen LogP contribution in [0.3, 0.4) is 0 Å². The van der Waals surface area contributed by atoms with Crippen LogP contribution < -0.4 is 0 Å². The number of rotatable bonds is 4. The van der Waals surface area contributed by atoms with Gasteiger partial charge in [0, 0.05) is 5.56 Å². The summed E-state index contributed by atoms with van der Waals surface area (Å²) in [7, 11) is 0.